The van der Waals surface area contributed by atoms with Gasteiger partial charge in [-0.2, -0.15) is 0 Å². The van der Waals surface area contributed by atoms with E-state index in [1.807, 2.05) is 13.8 Å². The number of fused-ring (bicyclic) bond motifs is 1. The van der Waals surface area contributed by atoms with Crippen molar-refractivity contribution in [1.29, 1.82) is 0 Å². The molecule has 0 aliphatic rings. The Bertz CT molecular complexity index is 737. The Balaban J connectivity index is 2.48. The van der Waals surface area contributed by atoms with Crippen LogP contribution in [0, 0.1) is 5.82 Å². The third kappa shape index (κ3) is 3.12. The highest BCUT2D eigenvalue weighted by Gasteiger charge is 2.16. The first-order chi connectivity index (χ1) is 9.93. The van der Waals surface area contributed by atoms with Crippen molar-refractivity contribution in [2.24, 2.45) is 7.05 Å². The number of hydrogen-bond donors (Lipinski definition) is 1. The number of benzene rings is 1. The first-order valence-electron chi connectivity index (χ1n) is 7.03. The van der Waals surface area contributed by atoms with Crippen LogP contribution in [0.15, 0.2) is 29.2 Å². The van der Waals surface area contributed by atoms with Gasteiger partial charge in [-0.3, -0.25) is 9.59 Å². The van der Waals surface area contributed by atoms with Crippen molar-refractivity contribution in [1.82, 2.24) is 9.88 Å². The number of nitrogens with one attached hydrogen (secondary N) is 1. The van der Waals surface area contributed by atoms with Crippen LogP contribution in [0.2, 0.25) is 0 Å². The molecule has 0 spiro atoms. The van der Waals surface area contributed by atoms with Gasteiger partial charge in [0.25, 0.3) is 5.91 Å². The molecule has 2 rings (SSSR count). The van der Waals surface area contributed by atoms with Crippen molar-refractivity contribution >= 4 is 16.8 Å². The van der Waals surface area contributed by atoms with Crippen molar-refractivity contribution < 1.29 is 9.18 Å². The highest BCUT2D eigenvalue weighted by atomic mass is 19.1. The van der Waals surface area contributed by atoms with Gasteiger partial charge in [0.2, 0.25) is 5.43 Å². The monoisotopic (exact) mass is 290 g/mol. The molecule has 1 unspecified atom stereocenters. The second-order valence-corrected chi connectivity index (χ2v) is 5.31. The van der Waals surface area contributed by atoms with E-state index in [4.69, 9.17) is 0 Å². The Morgan fingerprint density at radius 1 is 1.43 bits per heavy atom. The summed E-state index contributed by atoms with van der Waals surface area (Å²) in [5, 5.41) is 3.01. The van der Waals surface area contributed by atoms with Crippen LogP contribution in [0.1, 0.15) is 37.0 Å². The fraction of sp³-hybridized carbons (Fsp3) is 0.375. The van der Waals surface area contributed by atoms with Crippen molar-refractivity contribution in [3.8, 4) is 0 Å². The molecule has 0 aliphatic carbocycles. The average Bonchev–Trinajstić information content (AvgIpc) is 2.42. The number of rotatable bonds is 4. The molecule has 1 heterocycles. The van der Waals surface area contributed by atoms with Crippen LogP contribution in [-0.2, 0) is 7.05 Å². The molecule has 0 fully saturated rings. The van der Waals surface area contributed by atoms with Crippen LogP contribution in [0.5, 0.6) is 0 Å². The van der Waals surface area contributed by atoms with E-state index < -0.39 is 17.2 Å². The lowest BCUT2D eigenvalue weighted by molar-refractivity contribution is 0.0936. The van der Waals surface area contributed by atoms with Crippen LogP contribution in [0.25, 0.3) is 10.9 Å². The average molecular weight is 290 g/mol. The molecule has 2 aromatic rings. The molecule has 1 aromatic carbocycles. The maximum Gasteiger partial charge on any atom is 0.256 e. The van der Waals surface area contributed by atoms with E-state index in [0.29, 0.717) is 5.52 Å². The Morgan fingerprint density at radius 2 is 2.14 bits per heavy atom. The summed E-state index contributed by atoms with van der Waals surface area (Å²) in [7, 11) is 1.73. The molecular formula is C16H19FN2O2. The highest BCUT2D eigenvalue weighted by molar-refractivity contribution is 5.97. The number of carbonyl (C=O) groups excluding carboxylic acids is 1. The Labute approximate surface area is 122 Å². The Morgan fingerprint density at radius 3 is 2.81 bits per heavy atom. The Hall–Kier alpha value is -2.17. The zero-order chi connectivity index (χ0) is 15.6. The molecule has 21 heavy (non-hydrogen) atoms. The fourth-order valence-electron chi connectivity index (χ4n) is 2.43. The largest absolute Gasteiger partial charge is 0.350 e. The van der Waals surface area contributed by atoms with Gasteiger partial charge in [0.05, 0.1) is 5.52 Å². The Kier molecular flexibility index (Phi) is 4.40. The van der Waals surface area contributed by atoms with Gasteiger partial charge in [-0.1, -0.05) is 13.3 Å². The van der Waals surface area contributed by atoms with Gasteiger partial charge in [-0.15, -0.1) is 0 Å². The molecule has 1 amide bonds. The summed E-state index contributed by atoms with van der Waals surface area (Å²) in [6, 6.07) is 4.00. The lowest BCUT2D eigenvalue weighted by Gasteiger charge is -2.14. The summed E-state index contributed by atoms with van der Waals surface area (Å²) in [5.41, 5.74) is 0.196. The maximum absolute atomic E-state index is 13.3. The van der Waals surface area contributed by atoms with Crippen molar-refractivity contribution in [3.63, 3.8) is 0 Å². The smallest absolute Gasteiger partial charge is 0.256 e. The van der Waals surface area contributed by atoms with E-state index in [0.717, 1.165) is 12.8 Å². The van der Waals surface area contributed by atoms with Crippen LogP contribution in [-0.4, -0.2) is 16.5 Å². The topological polar surface area (TPSA) is 51.1 Å². The fourth-order valence-corrected chi connectivity index (χ4v) is 2.43. The molecule has 4 nitrogen and oxygen atoms in total. The van der Waals surface area contributed by atoms with E-state index in [2.05, 4.69) is 5.32 Å². The molecule has 0 aliphatic heterocycles. The predicted molar refractivity (Wildman–Crippen MR) is 81.0 cm³/mol. The molecule has 1 N–H and O–H groups in total. The second kappa shape index (κ2) is 6.08. The van der Waals surface area contributed by atoms with E-state index in [1.165, 1.54) is 24.4 Å². The molecular weight excluding hydrogens is 271 g/mol. The summed E-state index contributed by atoms with van der Waals surface area (Å²) < 4.78 is 15.0. The van der Waals surface area contributed by atoms with E-state index in [1.54, 1.807) is 11.6 Å². The predicted octanol–water partition coefficient (Wildman–Crippen LogP) is 2.60. The molecule has 5 heteroatoms. The van der Waals surface area contributed by atoms with Gasteiger partial charge in [0, 0.05) is 24.7 Å². The van der Waals surface area contributed by atoms with Crippen molar-refractivity contribution in [2.75, 3.05) is 0 Å². The zero-order valence-corrected chi connectivity index (χ0v) is 12.4. The molecule has 0 saturated heterocycles. The van der Waals surface area contributed by atoms with Crippen molar-refractivity contribution in [3.05, 3.63) is 46.0 Å². The van der Waals surface area contributed by atoms with E-state index in [9.17, 15) is 14.0 Å². The van der Waals surface area contributed by atoms with Gasteiger partial charge < -0.3 is 9.88 Å². The molecule has 0 saturated carbocycles. The second-order valence-electron chi connectivity index (χ2n) is 5.31. The number of aromatic nitrogens is 1. The molecule has 0 bridgehead atoms. The summed E-state index contributed by atoms with van der Waals surface area (Å²) in [4.78, 5) is 24.6. The van der Waals surface area contributed by atoms with Gasteiger partial charge in [0.15, 0.2) is 0 Å². The molecule has 0 radical (unpaired) electrons. The summed E-state index contributed by atoms with van der Waals surface area (Å²) in [6.07, 6.45) is 3.28. The first kappa shape index (κ1) is 15.2. The van der Waals surface area contributed by atoms with Gasteiger partial charge in [-0.25, -0.2) is 4.39 Å². The first-order valence-corrected chi connectivity index (χ1v) is 7.03. The normalized spacial score (nSPS) is 12.4. The van der Waals surface area contributed by atoms with Crippen LogP contribution < -0.4 is 10.7 Å². The minimum atomic E-state index is -0.489. The van der Waals surface area contributed by atoms with Gasteiger partial charge in [-0.05, 0) is 31.5 Å². The van der Waals surface area contributed by atoms with Crippen LogP contribution >= 0.6 is 0 Å². The van der Waals surface area contributed by atoms with Crippen molar-refractivity contribution in [2.45, 2.75) is 32.7 Å². The SMILES string of the molecule is CCCC(C)NC(=O)c1cn(C)c2ccc(F)cc2c1=O. The molecule has 1 aromatic heterocycles. The number of pyridine rings is 1. The van der Waals surface area contributed by atoms with Gasteiger partial charge in [0.1, 0.15) is 11.4 Å². The van der Waals surface area contributed by atoms with Crippen LogP contribution in [0.4, 0.5) is 4.39 Å². The third-order valence-corrected chi connectivity index (χ3v) is 3.49. The number of hydrogen-bond acceptors (Lipinski definition) is 2. The minimum Gasteiger partial charge on any atom is -0.350 e. The number of carbonyl (C=O) groups is 1. The zero-order valence-electron chi connectivity index (χ0n) is 12.4. The number of aryl methyl sites for hydroxylation is 1. The number of amides is 1. The third-order valence-electron chi connectivity index (χ3n) is 3.49. The van der Waals surface area contributed by atoms with E-state index >= 15 is 0 Å². The lowest BCUT2D eigenvalue weighted by atomic mass is 10.1. The summed E-state index contributed by atoms with van der Waals surface area (Å²) >= 11 is 0. The summed E-state index contributed by atoms with van der Waals surface area (Å²) in [6.45, 7) is 3.92. The highest BCUT2D eigenvalue weighted by Crippen LogP contribution is 2.12. The molecule has 112 valence electrons. The quantitative estimate of drug-likeness (QED) is 0.941. The minimum absolute atomic E-state index is 0.00425. The number of nitrogens with zero attached hydrogens (tertiary/aromatic N) is 1. The van der Waals surface area contributed by atoms with E-state index in [-0.39, 0.29) is 17.0 Å². The van der Waals surface area contributed by atoms with Gasteiger partial charge >= 0.3 is 0 Å². The molecule has 1 atom stereocenters. The summed E-state index contributed by atoms with van der Waals surface area (Å²) in [5.74, 6) is -0.903. The standard InChI is InChI=1S/C16H19FN2O2/c1-4-5-10(2)18-16(21)13-9-19(3)14-7-6-11(17)8-12(14)15(13)20/h6-10H,4-5H2,1-3H3,(H,18,21). The number of halogens is 1. The maximum atomic E-state index is 13.3. The van der Waals surface area contributed by atoms with Crippen LogP contribution in [0.3, 0.4) is 0 Å². The lowest BCUT2D eigenvalue weighted by Crippen LogP contribution is -2.35.